The number of amides is 1. The molecule has 158 valence electrons. The van der Waals surface area contributed by atoms with Gasteiger partial charge >= 0.3 is 0 Å². The van der Waals surface area contributed by atoms with Gasteiger partial charge < -0.3 is 14.6 Å². The van der Waals surface area contributed by atoms with Crippen molar-refractivity contribution in [3.05, 3.63) is 94.5 Å². The smallest absolute Gasteiger partial charge is 0.279 e. The van der Waals surface area contributed by atoms with Crippen molar-refractivity contribution in [2.24, 2.45) is 0 Å². The fourth-order valence-electron chi connectivity index (χ4n) is 3.17. The Balaban J connectivity index is 1.42. The molecule has 0 radical (unpaired) electrons. The molecule has 2 heterocycles. The molecule has 0 bridgehead atoms. The Bertz CT molecular complexity index is 1190. The summed E-state index contributed by atoms with van der Waals surface area (Å²) >= 11 is 0. The molecule has 0 saturated carbocycles. The summed E-state index contributed by atoms with van der Waals surface area (Å²) in [4.78, 5) is 12.8. The van der Waals surface area contributed by atoms with E-state index in [4.69, 9.17) is 9.26 Å². The van der Waals surface area contributed by atoms with Crippen LogP contribution in [-0.2, 0) is 13.2 Å². The molecule has 7 heteroatoms. The lowest BCUT2D eigenvalue weighted by atomic mass is 10.1. The zero-order chi connectivity index (χ0) is 21.8. The lowest BCUT2D eigenvalue weighted by molar-refractivity contribution is 0.101. The molecule has 1 N–H and O–H groups in total. The van der Waals surface area contributed by atoms with Gasteiger partial charge in [0.25, 0.3) is 5.91 Å². The first kappa shape index (κ1) is 20.4. The van der Waals surface area contributed by atoms with Crippen LogP contribution in [-0.4, -0.2) is 20.8 Å². The van der Waals surface area contributed by atoms with Gasteiger partial charge in [0.1, 0.15) is 18.1 Å². The third-order valence-corrected chi connectivity index (χ3v) is 4.92. The van der Waals surface area contributed by atoms with E-state index < -0.39 is 0 Å². The van der Waals surface area contributed by atoms with Gasteiger partial charge in [0.15, 0.2) is 11.5 Å². The molecule has 0 aliphatic heterocycles. The van der Waals surface area contributed by atoms with Crippen LogP contribution in [0.5, 0.6) is 5.75 Å². The van der Waals surface area contributed by atoms with E-state index in [1.165, 1.54) is 5.56 Å². The number of nitrogens with one attached hydrogen (secondary N) is 1. The van der Waals surface area contributed by atoms with Crippen molar-refractivity contribution >= 4 is 11.7 Å². The highest BCUT2D eigenvalue weighted by Gasteiger charge is 2.21. The molecule has 0 fully saturated rings. The van der Waals surface area contributed by atoms with Gasteiger partial charge in [-0.25, -0.2) is 0 Å². The van der Waals surface area contributed by atoms with Crippen molar-refractivity contribution < 1.29 is 14.1 Å². The maximum Gasteiger partial charge on any atom is 0.279 e. The summed E-state index contributed by atoms with van der Waals surface area (Å²) in [7, 11) is 0. The van der Waals surface area contributed by atoms with E-state index in [1.54, 1.807) is 17.7 Å². The fraction of sp³-hybridized carbons (Fsp3) is 0.208. The number of nitrogens with zero attached hydrogens (tertiary/aromatic N) is 3. The monoisotopic (exact) mass is 416 g/mol. The van der Waals surface area contributed by atoms with Crippen molar-refractivity contribution in [3.8, 4) is 5.75 Å². The molecule has 2 aromatic heterocycles. The Labute approximate surface area is 180 Å². The van der Waals surface area contributed by atoms with Crippen LogP contribution < -0.4 is 10.1 Å². The number of anilines is 1. The summed E-state index contributed by atoms with van der Waals surface area (Å²) in [6.45, 7) is 6.61. The standard InChI is InChI=1S/C24H24N4O3/c1-16-7-9-19(10-8-16)14-28-12-11-22(26-28)25-24(29)23-21(18(3)31-27-23)15-30-20-6-4-5-17(2)13-20/h4-13H,14-15H2,1-3H3,(H,25,26,29). The van der Waals surface area contributed by atoms with E-state index in [9.17, 15) is 4.79 Å². The molecule has 2 aromatic carbocycles. The van der Waals surface area contributed by atoms with Gasteiger partial charge in [-0.1, -0.05) is 47.1 Å². The summed E-state index contributed by atoms with van der Waals surface area (Å²) in [6, 6.07) is 17.7. The third kappa shape index (κ3) is 5.01. The second-order valence-corrected chi connectivity index (χ2v) is 7.51. The van der Waals surface area contributed by atoms with E-state index in [0.29, 0.717) is 23.7 Å². The van der Waals surface area contributed by atoms with Crippen LogP contribution in [0.2, 0.25) is 0 Å². The number of hydrogen-bond donors (Lipinski definition) is 1. The summed E-state index contributed by atoms with van der Waals surface area (Å²) in [6.07, 6.45) is 1.82. The minimum absolute atomic E-state index is 0.184. The predicted molar refractivity (Wildman–Crippen MR) is 117 cm³/mol. The molecule has 4 rings (SSSR count). The highest BCUT2D eigenvalue weighted by atomic mass is 16.5. The van der Waals surface area contributed by atoms with Gasteiger partial charge in [0.2, 0.25) is 0 Å². The maximum absolute atomic E-state index is 12.8. The predicted octanol–water partition coefficient (Wildman–Crippen LogP) is 4.68. The molecule has 0 aliphatic carbocycles. The van der Waals surface area contributed by atoms with Gasteiger partial charge in [-0.2, -0.15) is 5.10 Å². The number of benzene rings is 2. The first-order chi connectivity index (χ1) is 15.0. The van der Waals surface area contributed by atoms with Crippen LogP contribution in [0.25, 0.3) is 0 Å². The number of ether oxygens (including phenoxy) is 1. The van der Waals surface area contributed by atoms with Crippen LogP contribution in [0.4, 0.5) is 5.82 Å². The largest absolute Gasteiger partial charge is 0.489 e. The van der Waals surface area contributed by atoms with E-state index >= 15 is 0 Å². The molecule has 7 nitrogen and oxygen atoms in total. The number of aryl methyl sites for hydroxylation is 3. The summed E-state index contributed by atoms with van der Waals surface area (Å²) in [5.41, 5.74) is 4.24. The molecule has 0 atom stereocenters. The molecular formula is C24H24N4O3. The lowest BCUT2D eigenvalue weighted by Crippen LogP contribution is -2.16. The molecule has 0 spiro atoms. The highest BCUT2D eigenvalue weighted by molar-refractivity contribution is 6.03. The fourth-order valence-corrected chi connectivity index (χ4v) is 3.17. The molecule has 0 unspecified atom stereocenters. The normalized spacial score (nSPS) is 10.8. The van der Waals surface area contributed by atoms with Gasteiger partial charge in [0.05, 0.1) is 12.1 Å². The number of carbonyl (C=O) groups is 1. The first-order valence-electron chi connectivity index (χ1n) is 10.0. The lowest BCUT2D eigenvalue weighted by Gasteiger charge is -2.07. The van der Waals surface area contributed by atoms with Crippen molar-refractivity contribution in [1.82, 2.24) is 14.9 Å². The molecule has 31 heavy (non-hydrogen) atoms. The molecular weight excluding hydrogens is 392 g/mol. The molecule has 4 aromatic rings. The minimum atomic E-state index is -0.389. The Hall–Kier alpha value is -3.87. The quantitative estimate of drug-likeness (QED) is 0.473. The number of aromatic nitrogens is 3. The van der Waals surface area contributed by atoms with Crippen LogP contribution in [0.15, 0.2) is 65.3 Å². The van der Waals surface area contributed by atoms with E-state index in [1.807, 2.05) is 37.4 Å². The zero-order valence-corrected chi connectivity index (χ0v) is 17.8. The average Bonchev–Trinajstić information content (AvgIpc) is 3.34. The van der Waals surface area contributed by atoms with Crippen LogP contribution in [0.1, 0.15) is 38.5 Å². The van der Waals surface area contributed by atoms with E-state index in [2.05, 4.69) is 46.8 Å². The Morgan fingerprint density at radius 2 is 1.87 bits per heavy atom. The SMILES string of the molecule is Cc1ccc(Cn2ccc(NC(=O)c3noc(C)c3COc3cccc(C)c3)n2)cc1. The molecule has 0 aliphatic rings. The third-order valence-electron chi connectivity index (χ3n) is 4.92. The second-order valence-electron chi connectivity index (χ2n) is 7.51. The highest BCUT2D eigenvalue weighted by Crippen LogP contribution is 2.20. The summed E-state index contributed by atoms with van der Waals surface area (Å²) in [5.74, 6) is 1.33. The van der Waals surface area contributed by atoms with Crippen molar-refractivity contribution in [2.45, 2.75) is 33.9 Å². The average molecular weight is 416 g/mol. The van der Waals surface area contributed by atoms with Crippen LogP contribution >= 0.6 is 0 Å². The van der Waals surface area contributed by atoms with Gasteiger partial charge in [-0.3, -0.25) is 9.48 Å². The van der Waals surface area contributed by atoms with Crippen molar-refractivity contribution in [3.63, 3.8) is 0 Å². The summed E-state index contributed by atoms with van der Waals surface area (Å²) < 4.78 is 12.9. The number of rotatable bonds is 7. The van der Waals surface area contributed by atoms with E-state index in [0.717, 1.165) is 16.9 Å². The maximum atomic E-state index is 12.8. The minimum Gasteiger partial charge on any atom is -0.489 e. The summed E-state index contributed by atoms with van der Waals surface area (Å²) in [5, 5.41) is 11.1. The van der Waals surface area contributed by atoms with Gasteiger partial charge in [-0.15, -0.1) is 0 Å². The van der Waals surface area contributed by atoms with Crippen molar-refractivity contribution in [2.75, 3.05) is 5.32 Å². The van der Waals surface area contributed by atoms with Crippen LogP contribution in [0, 0.1) is 20.8 Å². The van der Waals surface area contributed by atoms with E-state index in [-0.39, 0.29) is 18.2 Å². The number of hydrogen-bond acceptors (Lipinski definition) is 5. The topological polar surface area (TPSA) is 82.2 Å². The Morgan fingerprint density at radius 3 is 2.65 bits per heavy atom. The second kappa shape index (κ2) is 8.87. The van der Waals surface area contributed by atoms with Gasteiger partial charge in [0, 0.05) is 12.3 Å². The van der Waals surface area contributed by atoms with Crippen molar-refractivity contribution in [1.29, 1.82) is 0 Å². The molecule has 1 amide bonds. The first-order valence-corrected chi connectivity index (χ1v) is 10.0. The van der Waals surface area contributed by atoms with Gasteiger partial charge in [-0.05, 0) is 44.0 Å². The Kier molecular flexibility index (Phi) is 5.84. The molecule has 0 saturated heterocycles. The van der Waals surface area contributed by atoms with Crippen LogP contribution in [0.3, 0.4) is 0 Å². The Morgan fingerprint density at radius 1 is 1.06 bits per heavy atom. The number of carbonyl (C=O) groups excluding carboxylic acids is 1. The zero-order valence-electron chi connectivity index (χ0n) is 17.8.